The van der Waals surface area contributed by atoms with Gasteiger partial charge in [0.15, 0.2) is 0 Å². The molecule has 0 aliphatic heterocycles. The first-order chi connectivity index (χ1) is 6.31. The average Bonchev–Trinajstić information content (AvgIpc) is 2.14. The zero-order chi connectivity index (χ0) is 9.94. The van der Waals surface area contributed by atoms with Gasteiger partial charge in [0.25, 0.3) is 0 Å². The second-order valence-corrected chi connectivity index (χ2v) is 2.78. The van der Waals surface area contributed by atoms with E-state index in [1.807, 2.05) is 0 Å². The van der Waals surface area contributed by atoms with Crippen molar-refractivity contribution in [1.82, 2.24) is 5.32 Å². The molecule has 0 saturated carbocycles. The summed E-state index contributed by atoms with van der Waals surface area (Å²) in [6.07, 6.45) is 8.49. The van der Waals surface area contributed by atoms with Gasteiger partial charge in [-0.15, -0.1) is 6.42 Å². The first-order valence-electron chi connectivity index (χ1n) is 4.50. The maximum atomic E-state index is 11.0. The van der Waals surface area contributed by atoms with Gasteiger partial charge in [0.2, 0.25) is 5.91 Å². The zero-order valence-corrected chi connectivity index (χ0v) is 8.14. The Morgan fingerprint density at radius 1 is 1.46 bits per heavy atom. The van der Waals surface area contributed by atoms with Crippen LogP contribution >= 0.6 is 0 Å². The van der Waals surface area contributed by atoms with Crippen LogP contribution in [0, 0.1) is 12.3 Å². The predicted octanol–water partition coefficient (Wildman–Crippen LogP) is 0.943. The lowest BCUT2D eigenvalue weighted by Gasteiger charge is -2.01. The fraction of sp³-hybridized carbons (Fsp3) is 0.700. The number of unbranched alkanes of at least 4 members (excludes halogenated alkanes) is 2. The molecular weight excluding hydrogens is 166 g/mol. The highest BCUT2D eigenvalue weighted by Gasteiger charge is 1.98. The fourth-order valence-corrected chi connectivity index (χ4v) is 0.947. The molecule has 0 fully saturated rings. The third kappa shape index (κ3) is 8.90. The molecular formula is C10H17NO2. The number of methoxy groups -OCH3 is 1. The van der Waals surface area contributed by atoms with Crippen LogP contribution in [-0.2, 0) is 9.53 Å². The van der Waals surface area contributed by atoms with Gasteiger partial charge < -0.3 is 10.1 Å². The number of amides is 1. The van der Waals surface area contributed by atoms with Crippen molar-refractivity contribution in [2.75, 3.05) is 20.3 Å². The Morgan fingerprint density at radius 3 is 2.85 bits per heavy atom. The minimum absolute atomic E-state index is 0.0374. The highest BCUT2D eigenvalue weighted by molar-refractivity contribution is 5.76. The summed E-state index contributed by atoms with van der Waals surface area (Å²) < 4.78 is 4.89. The molecule has 0 aromatic carbocycles. The van der Waals surface area contributed by atoms with Crippen molar-refractivity contribution in [2.24, 2.45) is 0 Å². The van der Waals surface area contributed by atoms with Gasteiger partial charge in [-0.05, 0) is 12.8 Å². The molecule has 3 nitrogen and oxygen atoms in total. The van der Waals surface area contributed by atoms with Crippen molar-refractivity contribution in [3.8, 4) is 12.3 Å². The van der Waals surface area contributed by atoms with E-state index in [9.17, 15) is 4.79 Å². The largest absolute Gasteiger partial charge is 0.385 e. The predicted molar refractivity (Wildman–Crippen MR) is 52.2 cm³/mol. The van der Waals surface area contributed by atoms with Crippen molar-refractivity contribution in [3.05, 3.63) is 0 Å². The quantitative estimate of drug-likeness (QED) is 0.471. The number of carbonyl (C=O) groups excluding carboxylic acids is 1. The highest BCUT2D eigenvalue weighted by atomic mass is 16.5. The van der Waals surface area contributed by atoms with Gasteiger partial charge in [-0.1, -0.05) is 12.3 Å². The molecule has 0 aromatic heterocycles. The van der Waals surface area contributed by atoms with Crippen LogP contribution in [0.2, 0.25) is 0 Å². The Kier molecular flexibility index (Phi) is 8.38. The summed E-state index contributed by atoms with van der Waals surface area (Å²) in [7, 11) is 1.68. The van der Waals surface area contributed by atoms with E-state index in [0.29, 0.717) is 13.0 Å². The molecule has 0 aliphatic carbocycles. The van der Waals surface area contributed by atoms with Crippen LogP contribution < -0.4 is 5.32 Å². The van der Waals surface area contributed by atoms with Crippen LogP contribution in [0.25, 0.3) is 0 Å². The van der Waals surface area contributed by atoms with Gasteiger partial charge in [0.1, 0.15) is 0 Å². The van der Waals surface area contributed by atoms with Crippen LogP contribution in [0.3, 0.4) is 0 Å². The van der Waals surface area contributed by atoms with Crippen molar-refractivity contribution >= 4 is 5.91 Å². The van der Waals surface area contributed by atoms with Gasteiger partial charge in [-0.2, -0.15) is 0 Å². The molecule has 0 bridgehead atoms. The molecule has 0 aromatic rings. The van der Waals surface area contributed by atoms with E-state index in [2.05, 4.69) is 11.2 Å². The number of nitrogens with one attached hydrogen (secondary N) is 1. The topological polar surface area (TPSA) is 38.3 Å². The lowest BCUT2D eigenvalue weighted by molar-refractivity contribution is -0.120. The highest BCUT2D eigenvalue weighted by Crippen LogP contribution is 1.99. The lowest BCUT2D eigenvalue weighted by Crippen LogP contribution is -2.22. The molecule has 0 radical (unpaired) electrons. The second-order valence-electron chi connectivity index (χ2n) is 2.78. The lowest BCUT2D eigenvalue weighted by atomic mass is 10.2. The van der Waals surface area contributed by atoms with Crippen LogP contribution in [0.15, 0.2) is 0 Å². The maximum Gasteiger partial charge on any atom is 0.220 e. The molecule has 0 saturated heterocycles. The Labute approximate surface area is 79.8 Å². The Hall–Kier alpha value is -1.01. The van der Waals surface area contributed by atoms with Gasteiger partial charge in [-0.25, -0.2) is 0 Å². The SMILES string of the molecule is C#CCNC(=O)CCCCCOC. The van der Waals surface area contributed by atoms with E-state index in [-0.39, 0.29) is 5.91 Å². The molecule has 3 heteroatoms. The Balaban J connectivity index is 3.13. The number of rotatable bonds is 7. The van der Waals surface area contributed by atoms with E-state index in [1.54, 1.807) is 7.11 Å². The van der Waals surface area contributed by atoms with Crippen LogP contribution in [0.4, 0.5) is 0 Å². The first-order valence-corrected chi connectivity index (χ1v) is 4.50. The monoisotopic (exact) mass is 183 g/mol. The van der Waals surface area contributed by atoms with Gasteiger partial charge >= 0.3 is 0 Å². The standard InChI is InChI=1S/C10H17NO2/c1-3-8-11-10(12)7-5-4-6-9-13-2/h1H,4-9H2,2H3,(H,11,12). The summed E-state index contributed by atoms with van der Waals surface area (Å²) in [5, 5.41) is 2.62. The van der Waals surface area contributed by atoms with Crippen molar-refractivity contribution in [1.29, 1.82) is 0 Å². The smallest absolute Gasteiger partial charge is 0.220 e. The summed E-state index contributed by atoms with van der Waals surface area (Å²) in [6.45, 7) is 1.10. The van der Waals surface area contributed by atoms with E-state index >= 15 is 0 Å². The molecule has 0 rings (SSSR count). The van der Waals surface area contributed by atoms with Crippen LogP contribution in [0.5, 0.6) is 0 Å². The summed E-state index contributed by atoms with van der Waals surface area (Å²) in [5.41, 5.74) is 0. The van der Waals surface area contributed by atoms with E-state index in [0.717, 1.165) is 25.9 Å². The summed E-state index contributed by atoms with van der Waals surface area (Å²) >= 11 is 0. The van der Waals surface area contributed by atoms with Crippen LogP contribution in [-0.4, -0.2) is 26.2 Å². The molecule has 0 unspecified atom stereocenters. The third-order valence-electron chi connectivity index (χ3n) is 1.64. The molecule has 0 spiro atoms. The van der Waals surface area contributed by atoms with Gasteiger partial charge in [0, 0.05) is 20.1 Å². The van der Waals surface area contributed by atoms with E-state index in [4.69, 9.17) is 11.2 Å². The third-order valence-corrected chi connectivity index (χ3v) is 1.64. The van der Waals surface area contributed by atoms with Crippen LogP contribution in [0.1, 0.15) is 25.7 Å². The first kappa shape index (κ1) is 12.0. The minimum Gasteiger partial charge on any atom is -0.385 e. The molecule has 13 heavy (non-hydrogen) atoms. The maximum absolute atomic E-state index is 11.0. The molecule has 0 heterocycles. The normalized spacial score (nSPS) is 9.23. The minimum atomic E-state index is 0.0374. The Morgan fingerprint density at radius 2 is 2.23 bits per heavy atom. The van der Waals surface area contributed by atoms with Crippen molar-refractivity contribution < 1.29 is 9.53 Å². The van der Waals surface area contributed by atoms with E-state index in [1.165, 1.54) is 0 Å². The summed E-state index contributed by atoms with van der Waals surface area (Å²) in [6, 6.07) is 0. The van der Waals surface area contributed by atoms with Gasteiger partial charge in [0.05, 0.1) is 6.54 Å². The number of hydrogen-bond donors (Lipinski definition) is 1. The molecule has 1 N–H and O–H groups in total. The van der Waals surface area contributed by atoms with Crippen molar-refractivity contribution in [3.63, 3.8) is 0 Å². The fourth-order valence-electron chi connectivity index (χ4n) is 0.947. The average molecular weight is 183 g/mol. The number of hydrogen-bond acceptors (Lipinski definition) is 2. The Bertz CT molecular complexity index is 172. The number of ether oxygens (including phenoxy) is 1. The second kappa shape index (κ2) is 9.08. The molecule has 0 atom stereocenters. The van der Waals surface area contributed by atoms with Crippen molar-refractivity contribution in [2.45, 2.75) is 25.7 Å². The molecule has 0 aliphatic rings. The molecule has 74 valence electrons. The molecule has 1 amide bonds. The van der Waals surface area contributed by atoms with Gasteiger partial charge in [-0.3, -0.25) is 4.79 Å². The zero-order valence-electron chi connectivity index (χ0n) is 8.14. The van der Waals surface area contributed by atoms with E-state index < -0.39 is 0 Å². The number of carbonyl (C=O) groups is 1. The summed E-state index contributed by atoms with van der Waals surface area (Å²) in [5.74, 6) is 2.39. The summed E-state index contributed by atoms with van der Waals surface area (Å²) in [4.78, 5) is 11.0. The number of terminal acetylenes is 1.